The summed E-state index contributed by atoms with van der Waals surface area (Å²) in [6.45, 7) is 4.84. The predicted octanol–water partition coefficient (Wildman–Crippen LogP) is 3.21. The fourth-order valence-electron chi connectivity index (χ4n) is 3.87. The van der Waals surface area contributed by atoms with Gasteiger partial charge in [-0.05, 0) is 51.0 Å². The van der Waals surface area contributed by atoms with Crippen LogP contribution in [0.15, 0.2) is 47.4 Å². The fraction of sp³-hybridized carbons (Fsp3) is 0.458. The van der Waals surface area contributed by atoms with Crippen LogP contribution in [0.4, 0.5) is 0 Å². The number of carbonyl (C=O) groups is 1. The average molecular weight is 477 g/mol. The van der Waals surface area contributed by atoms with Gasteiger partial charge >= 0.3 is 0 Å². The molecule has 1 aliphatic heterocycles. The summed E-state index contributed by atoms with van der Waals surface area (Å²) in [5, 5.41) is 0. The van der Waals surface area contributed by atoms with Crippen molar-refractivity contribution in [1.29, 1.82) is 0 Å². The number of rotatable bonds is 10. The van der Waals surface area contributed by atoms with E-state index in [1.165, 1.54) is 19.2 Å². The third kappa shape index (κ3) is 6.25. The molecule has 1 fully saturated rings. The number of nitrogens with zero attached hydrogens (tertiary/aromatic N) is 1. The van der Waals surface area contributed by atoms with Crippen LogP contribution in [0.5, 0.6) is 11.5 Å². The molecular formula is C24H32N2O6S. The van der Waals surface area contributed by atoms with Crippen LogP contribution in [0, 0.1) is 0 Å². The lowest BCUT2D eigenvalue weighted by Crippen LogP contribution is -2.37. The Morgan fingerprint density at radius 3 is 2.52 bits per heavy atom. The summed E-state index contributed by atoms with van der Waals surface area (Å²) in [4.78, 5) is 15.2. The SMILES string of the molecule is COc1ccccc1CN(CC1CCCO1)C(=O)c1ccc(OC)c(S(=O)(=O)NC(C)C)c1. The number of nitrogens with one attached hydrogen (secondary N) is 1. The van der Waals surface area contributed by atoms with Gasteiger partial charge < -0.3 is 19.1 Å². The molecule has 0 saturated carbocycles. The van der Waals surface area contributed by atoms with Crippen LogP contribution in [0.2, 0.25) is 0 Å². The van der Waals surface area contributed by atoms with Crippen LogP contribution < -0.4 is 14.2 Å². The van der Waals surface area contributed by atoms with Crippen LogP contribution in [0.3, 0.4) is 0 Å². The zero-order valence-corrected chi connectivity index (χ0v) is 20.4. The highest BCUT2D eigenvalue weighted by molar-refractivity contribution is 7.89. The maximum absolute atomic E-state index is 13.6. The van der Waals surface area contributed by atoms with Gasteiger partial charge in [-0.1, -0.05) is 18.2 Å². The Labute approximate surface area is 195 Å². The lowest BCUT2D eigenvalue weighted by atomic mass is 10.1. The van der Waals surface area contributed by atoms with Crippen molar-refractivity contribution in [2.75, 3.05) is 27.4 Å². The number of hydrogen-bond acceptors (Lipinski definition) is 6. The number of para-hydroxylation sites is 1. The lowest BCUT2D eigenvalue weighted by molar-refractivity contribution is 0.0505. The number of hydrogen-bond donors (Lipinski definition) is 1. The molecule has 2 aromatic carbocycles. The molecule has 0 radical (unpaired) electrons. The van der Waals surface area contributed by atoms with Gasteiger partial charge in [0.05, 0.1) is 20.3 Å². The van der Waals surface area contributed by atoms with Crippen molar-refractivity contribution in [2.24, 2.45) is 0 Å². The van der Waals surface area contributed by atoms with Crippen molar-refractivity contribution in [3.63, 3.8) is 0 Å². The molecule has 3 rings (SSSR count). The molecule has 0 spiro atoms. The Hall–Kier alpha value is -2.62. The molecule has 180 valence electrons. The number of methoxy groups -OCH3 is 2. The van der Waals surface area contributed by atoms with E-state index in [1.54, 1.807) is 31.9 Å². The maximum Gasteiger partial charge on any atom is 0.254 e. The third-order valence-corrected chi connectivity index (χ3v) is 7.06. The average Bonchev–Trinajstić information content (AvgIpc) is 3.30. The minimum Gasteiger partial charge on any atom is -0.496 e. The van der Waals surface area contributed by atoms with Crippen LogP contribution in [0.1, 0.15) is 42.6 Å². The standard InChI is InChI=1S/C24H32N2O6S/c1-17(2)25-33(28,29)23-14-18(11-12-22(23)31-4)24(27)26(16-20-9-7-13-32-20)15-19-8-5-6-10-21(19)30-3/h5-6,8,10-12,14,17,20,25H,7,9,13,15-16H2,1-4H3. The smallest absolute Gasteiger partial charge is 0.254 e. The van der Waals surface area contributed by atoms with E-state index in [1.807, 2.05) is 24.3 Å². The minimum atomic E-state index is -3.87. The summed E-state index contributed by atoms with van der Waals surface area (Å²) >= 11 is 0. The first-order chi connectivity index (χ1) is 15.7. The number of benzene rings is 2. The Bertz CT molecular complexity index is 1060. The quantitative estimate of drug-likeness (QED) is 0.566. The largest absolute Gasteiger partial charge is 0.496 e. The summed E-state index contributed by atoms with van der Waals surface area (Å²) < 4.78 is 44.8. The van der Waals surface area contributed by atoms with E-state index < -0.39 is 10.0 Å². The summed E-state index contributed by atoms with van der Waals surface area (Å²) in [6, 6.07) is 11.7. The van der Waals surface area contributed by atoms with E-state index in [0.29, 0.717) is 25.4 Å². The lowest BCUT2D eigenvalue weighted by Gasteiger charge is -2.27. The van der Waals surface area contributed by atoms with Crippen molar-refractivity contribution in [1.82, 2.24) is 9.62 Å². The highest BCUT2D eigenvalue weighted by atomic mass is 32.2. The topological polar surface area (TPSA) is 94.2 Å². The monoisotopic (exact) mass is 476 g/mol. The first kappa shape index (κ1) is 25.0. The number of amides is 1. The van der Waals surface area contributed by atoms with Crippen LogP contribution in [0.25, 0.3) is 0 Å². The second kappa shape index (κ2) is 11.0. The zero-order chi connectivity index (χ0) is 24.0. The van der Waals surface area contributed by atoms with Crippen molar-refractivity contribution in [2.45, 2.75) is 50.3 Å². The molecule has 0 aliphatic carbocycles. The Morgan fingerprint density at radius 1 is 1.15 bits per heavy atom. The third-order valence-electron chi connectivity index (χ3n) is 5.38. The molecule has 1 atom stereocenters. The highest BCUT2D eigenvalue weighted by Gasteiger charge is 2.27. The van der Waals surface area contributed by atoms with E-state index >= 15 is 0 Å². The summed E-state index contributed by atoms with van der Waals surface area (Å²) in [7, 11) is -0.876. The first-order valence-electron chi connectivity index (χ1n) is 11.0. The molecular weight excluding hydrogens is 444 g/mol. The second-order valence-electron chi connectivity index (χ2n) is 8.27. The molecule has 1 N–H and O–H groups in total. The molecule has 1 heterocycles. The molecule has 0 aromatic heterocycles. The van der Waals surface area contributed by atoms with Crippen LogP contribution >= 0.6 is 0 Å². The van der Waals surface area contributed by atoms with Gasteiger partial charge in [-0.15, -0.1) is 0 Å². The van der Waals surface area contributed by atoms with Gasteiger partial charge in [-0.25, -0.2) is 13.1 Å². The fourth-order valence-corrected chi connectivity index (χ4v) is 5.31. The van der Waals surface area contributed by atoms with Gasteiger partial charge in [0.25, 0.3) is 5.91 Å². The van der Waals surface area contributed by atoms with E-state index in [2.05, 4.69) is 4.72 Å². The van der Waals surface area contributed by atoms with Crippen molar-refractivity contribution >= 4 is 15.9 Å². The van der Waals surface area contributed by atoms with Crippen LogP contribution in [-0.4, -0.2) is 58.7 Å². The van der Waals surface area contributed by atoms with Gasteiger partial charge in [-0.3, -0.25) is 4.79 Å². The normalized spacial score (nSPS) is 16.1. The first-order valence-corrected chi connectivity index (χ1v) is 12.5. The van der Waals surface area contributed by atoms with Crippen molar-refractivity contribution in [3.05, 3.63) is 53.6 Å². The van der Waals surface area contributed by atoms with Gasteiger partial charge in [-0.2, -0.15) is 0 Å². The molecule has 1 saturated heterocycles. The van der Waals surface area contributed by atoms with E-state index in [0.717, 1.165) is 18.4 Å². The van der Waals surface area contributed by atoms with Gasteiger partial charge in [0.15, 0.2) is 0 Å². The van der Waals surface area contributed by atoms with Gasteiger partial charge in [0.1, 0.15) is 16.4 Å². The minimum absolute atomic E-state index is 0.0623. The van der Waals surface area contributed by atoms with Crippen molar-refractivity contribution in [3.8, 4) is 11.5 Å². The molecule has 9 heteroatoms. The molecule has 0 bridgehead atoms. The Balaban J connectivity index is 1.97. The van der Waals surface area contributed by atoms with E-state index in [-0.39, 0.29) is 34.3 Å². The Morgan fingerprint density at radius 2 is 1.88 bits per heavy atom. The molecule has 2 aromatic rings. The van der Waals surface area contributed by atoms with Gasteiger partial charge in [0, 0.05) is 36.9 Å². The number of ether oxygens (including phenoxy) is 3. The summed E-state index contributed by atoms with van der Waals surface area (Å²) in [5.74, 6) is 0.567. The highest BCUT2D eigenvalue weighted by Crippen LogP contribution is 2.27. The zero-order valence-electron chi connectivity index (χ0n) is 19.5. The summed E-state index contributed by atoms with van der Waals surface area (Å²) in [6.07, 6.45) is 1.76. The van der Waals surface area contributed by atoms with Crippen molar-refractivity contribution < 1.29 is 27.4 Å². The predicted molar refractivity (Wildman–Crippen MR) is 125 cm³/mol. The molecule has 1 amide bonds. The molecule has 33 heavy (non-hydrogen) atoms. The Kier molecular flexibility index (Phi) is 8.34. The van der Waals surface area contributed by atoms with E-state index in [4.69, 9.17) is 14.2 Å². The van der Waals surface area contributed by atoms with Crippen LogP contribution in [-0.2, 0) is 21.3 Å². The number of sulfonamides is 1. The number of carbonyl (C=O) groups excluding carboxylic acids is 1. The summed E-state index contributed by atoms with van der Waals surface area (Å²) in [5.41, 5.74) is 1.11. The van der Waals surface area contributed by atoms with Gasteiger partial charge in [0.2, 0.25) is 10.0 Å². The molecule has 1 unspecified atom stereocenters. The second-order valence-corrected chi connectivity index (χ2v) is 9.96. The maximum atomic E-state index is 13.6. The van der Waals surface area contributed by atoms with E-state index in [9.17, 15) is 13.2 Å². The molecule has 8 nitrogen and oxygen atoms in total. The molecule has 1 aliphatic rings.